The molecule has 0 bridgehead atoms. The third-order valence-electron chi connectivity index (χ3n) is 1.02. The highest BCUT2D eigenvalue weighted by atomic mass is 79.9. The van der Waals surface area contributed by atoms with Gasteiger partial charge in [0, 0.05) is 6.04 Å². The van der Waals surface area contributed by atoms with Gasteiger partial charge in [-0.3, -0.25) is 0 Å². The lowest BCUT2D eigenvalue weighted by molar-refractivity contribution is 0.0385. The van der Waals surface area contributed by atoms with Gasteiger partial charge in [0.05, 0.1) is 16.1 Å². The van der Waals surface area contributed by atoms with E-state index in [4.69, 9.17) is 4.74 Å². The van der Waals surface area contributed by atoms with Crippen LogP contribution in [0, 0.1) is 0 Å². The summed E-state index contributed by atoms with van der Waals surface area (Å²) in [6.07, 6.45) is -0.350. The summed E-state index contributed by atoms with van der Waals surface area (Å²) in [5.74, 6) is 0. The molecule has 0 aromatic carbocycles. The Morgan fingerprint density at radius 1 is 1.42 bits per heavy atom. The fraction of sp³-hybridized carbons (Fsp3) is 0.875. The molecule has 0 unspecified atom stereocenters. The molecular weight excluding hydrogens is 222 g/mol. The van der Waals surface area contributed by atoms with Crippen LogP contribution in [0.1, 0.15) is 34.6 Å². The van der Waals surface area contributed by atoms with Crippen molar-refractivity contribution >= 4 is 22.2 Å². The molecule has 0 radical (unpaired) electrons. The summed E-state index contributed by atoms with van der Waals surface area (Å²) in [7, 11) is 0. The van der Waals surface area contributed by atoms with E-state index in [0.717, 1.165) is 0 Å². The van der Waals surface area contributed by atoms with Gasteiger partial charge < -0.3 is 4.74 Å². The molecule has 0 rings (SSSR count). The van der Waals surface area contributed by atoms with E-state index in [-0.39, 0.29) is 12.1 Å². The first-order valence-corrected chi connectivity index (χ1v) is 4.63. The van der Waals surface area contributed by atoms with Gasteiger partial charge in [-0.1, -0.05) is 0 Å². The number of hydrogen-bond acceptors (Lipinski definition) is 2. The second kappa shape index (κ2) is 4.12. The van der Waals surface area contributed by atoms with E-state index in [1.165, 1.54) is 3.93 Å². The normalized spacial score (nSPS) is 11.6. The van der Waals surface area contributed by atoms with Gasteiger partial charge in [0.1, 0.15) is 5.60 Å². The van der Waals surface area contributed by atoms with Gasteiger partial charge in [-0.25, -0.2) is 8.72 Å². The fourth-order valence-electron chi connectivity index (χ4n) is 0.516. The summed E-state index contributed by atoms with van der Waals surface area (Å²) in [6.45, 7) is 9.32. The maximum absolute atomic E-state index is 11.3. The molecule has 1 amide bonds. The number of carbonyl (C=O) groups is 1. The smallest absolute Gasteiger partial charge is 0.420 e. The van der Waals surface area contributed by atoms with Gasteiger partial charge in [0.25, 0.3) is 0 Å². The monoisotopic (exact) mass is 237 g/mol. The summed E-state index contributed by atoms with van der Waals surface area (Å²) in [6, 6.07) is 0.0971. The first-order chi connectivity index (χ1) is 5.24. The van der Waals surface area contributed by atoms with E-state index in [1.54, 1.807) is 0 Å². The number of amides is 1. The predicted octanol–water partition coefficient (Wildman–Crippen LogP) is 2.94. The minimum Gasteiger partial charge on any atom is -0.443 e. The molecule has 72 valence electrons. The van der Waals surface area contributed by atoms with Crippen LogP contribution < -0.4 is 0 Å². The van der Waals surface area contributed by atoms with Crippen molar-refractivity contribution in [1.82, 2.24) is 3.93 Å². The van der Waals surface area contributed by atoms with Gasteiger partial charge in [0.2, 0.25) is 0 Å². The quantitative estimate of drug-likeness (QED) is 0.657. The van der Waals surface area contributed by atoms with Crippen LogP contribution in [0.25, 0.3) is 0 Å². The Balaban J connectivity index is 4.05. The Bertz CT molecular complexity index is 163. The molecule has 0 atom stereocenters. The van der Waals surface area contributed by atoms with Crippen molar-refractivity contribution in [2.75, 3.05) is 0 Å². The van der Waals surface area contributed by atoms with Crippen molar-refractivity contribution in [1.29, 1.82) is 0 Å². The molecular formula is C8H16BrNO2. The molecule has 0 aliphatic heterocycles. The third kappa shape index (κ3) is 4.59. The fourth-order valence-corrected chi connectivity index (χ4v) is 0.589. The zero-order valence-electron chi connectivity index (χ0n) is 8.22. The van der Waals surface area contributed by atoms with E-state index < -0.39 is 5.60 Å². The van der Waals surface area contributed by atoms with Gasteiger partial charge in [-0.15, -0.1) is 0 Å². The molecule has 0 aliphatic carbocycles. The maximum Gasteiger partial charge on any atom is 0.420 e. The number of rotatable bonds is 1. The van der Waals surface area contributed by atoms with Crippen LogP contribution in [-0.2, 0) is 4.74 Å². The summed E-state index contributed by atoms with van der Waals surface area (Å²) >= 11 is 3.12. The van der Waals surface area contributed by atoms with Crippen molar-refractivity contribution in [3.8, 4) is 0 Å². The topological polar surface area (TPSA) is 29.5 Å². The molecule has 0 saturated carbocycles. The Labute approximate surface area is 82.4 Å². The molecule has 0 aliphatic rings. The molecule has 0 N–H and O–H groups in total. The van der Waals surface area contributed by atoms with Crippen LogP contribution in [0.2, 0.25) is 0 Å². The van der Waals surface area contributed by atoms with Crippen LogP contribution >= 0.6 is 16.1 Å². The largest absolute Gasteiger partial charge is 0.443 e. The SMILES string of the molecule is CC(C)N(Br)C(=O)OC(C)(C)C. The first kappa shape index (κ1) is 11.8. The molecule has 0 aromatic rings. The minimum absolute atomic E-state index is 0.0971. The van der Waals surface area contributed by atoms with Crippen LogP contribution in [0.3, 0.4) is 0 Å². The first-order valence-electron chi connectivity index (χ1n) is 3.92. The number of hydrogen-bond donors (Lipinski definition) is 0. The van der Waals surface area contributed by atoms with Crippen molar-refractivity contribution in [2.45, 2.75) is 46.3 Å². The van der Waals surface area contributed by atoms with Crippen molar-refractivity contribution in [3.63, 3.8) is 0 Å². The average molecular weight is 238 g/mol. The van der Waals surface area contributed by atoms with Crippen molar-refractivity contribution in [3.05, 3.63) is 0 Å². The Kier molecular flexibility index (Phi) is 4.03. The highest BCUT2D eigenvalue weighted by Gasteiger charge is 2.21. The van der Waals surface area contributed by atoms with Crippen molar-refractivity contribution in [2.24, 2.45) is 0 Å². The second-order valence-corrected chi connectivity index (χ2v) is 4.65. The van der Waals surface area contributed by atoms with Gasteiger partial charge in [-0.05, 0) is 34.6 Å². The van der Waals surface area contributed by atoms with Crippen LogP contribution in [0.5, 0.6) is 0 Å². The Morgan fingerprint density at radius 2 is 1.83 bits per heavy atom. The lowest BCUT2D eigenvalue weighted by Gasteiger charge is -2.25. The maximum atomic E-state index is 11.3. The second-order valence-electron chi connectivity index (χ2n) is 3.89. The number of nitrogens with zero attached hydrogens (tertiary/aromatic N) is 1. The highest BCUT2D eigenvalue weighted by molar-refractivity contribution is 9.07. The standard InChI is InChI=1S/C8H16BrNO2/c1-6(2)10(9)7(11)12-8(3,4)5/h6H,1-5H3. The number of ether oxygens (including phenoxy) is 1. The lowest BCUT2D eigenvalue weighted by atomic mass is 10.2. The van der Waals surface area contributed by atoms with E-state index in [9.17, 15) is 4.79 Å². The highest BCUT2D eigenvalue weighted by Crippen LogP contribution is 2.14. The predicted molar refractivity (Wildman–Crippen MR) is 52.1 cm³/mol. The van der Waals surface area contributed by atoms with E-state index in [0.29, 0.717) is 0 Å². The number of halogens is 1. The zero-order chi connectivity index (χ0) is 9.94. The van der Waals surface area contributed by atoms with Crippen molar-refractivity contribution < 1.29 is 9.53 Å². The molecule has 0 saturated heterocycles. The summed E-state index contributed by atoms with van der Waals surface area (Å²) in [5, 5.41) is 0. The van der Waals surface area contributed by atoms with Crippen LogP contribution in [0.4, 0.5) is 4.79 Å². The Hall–Kier alpha value is -0.250. The Morgan fingerprint density at radius 3 is 2.08 bits per heavy atom. The zero-order valence-corrected chi connectivity index (χ0v) is 9.81. The van der Waals surface area contributed by atoms with Gasteiger partial charge >= 0.3 is 6.09 Å². The van der Waals surface area contributed by atoms with Crippen LogP contribution in [0.15, 0.2) is 0 Å². The van der Waals surface area contributed by atoms with E-state index in [1.807, 2.05) is 34.6 Å². The molecule has 4 heteroatoms. The average Bonchev–Trinajstić information content (AvgIpc) is 1.82. The molecule has 12 heavy (non-hydrogen) atoms. The van der Waals surface area contributed by atoms with E-state index >= 15 is 0 Å². The van der Waals surface area contributed by atoms with Crippen LogP contribution in [-0.4, -0.2) is 21.7 Å². The lowest BCUT2D eigenvalue weighted by Crippen LogP contribution is -2.34. The molecule has 3 nitrogen and oxygen atoms in total. The molecule has 0 fully saturated rings. The summed E-state index contributed by atoms with van der Waals surface area (Å²) in [4.78, 5) is 11.3. The van der Waals surface area contributed by atoms with Gasteiger partial charge in [0.15, 0.2) is 0 Å². The third-order valence-corrected chi connectivity index (χ3v) is 2.13. The van der Waals surface area contributed by atoms with E-state index in [2.05, 4.69) is 16.1 Å². The molecule has 0 heterocycles. The molecule has 0 aromatic heterocycles. The van der Waals surface area contributed by atoms with Gasteiger partial charge in [-0.2, -0.15) is 0 Å². The minimum atomic E-state index is -0.433. The molecule has 0 spiro atoms. The summed E-state index contributed by atoms with van der Waals surface area (Å²) in [5.41, 5.74) is -0.433. The summed E-state index contributed by atoms with van der Waals surface area (Å²) < 4.78 is 6.49. The number of carbonyl (C=O) groups excluding carboxylic acids is 1.